The number of ether oxygens (including phenoxy) is 1. The summed E-state index contributed by atoms with van der Waals surface area (Å²) in [5.74, 6) is 1.32. The van der Waals surface area contributed by atoms with E-state index in [4.69, 9.17) is 4.74 Å². The molecule has 1 heterocycles. The first kappa shape index (κ1) is 22.3. The average molecular weight is 431 g/mol. The SMILES string of the molecule is CC(C)COc1ccc(CNC(=O)C(c2ccccc2)N2CCS(=O)(=O)CC2)cc1. The molecule has 2 aromatic carbocycles. The normalized spacial score (nSPS) is 17.4. The highest BCUT2D eigenvalue weighted by molar-refractivity contribution is 7.91. The van der Waals surface area contributed by atoms with Crippen LogP contribution in [0, 0.1) is 5.92 Å². The van der Waals surface area contributed by atoms with Crippen molar-refractivity contribution in [1.29, 1.82) is 0 Å². The zero-order valence-corrected chi connectivity index (χ0v) is 18.4. The van der Waals surface area contributed by atoms with Crippen LogP contribution >= 0.6 is 0 Å². The molecule has 1 amide bonds. The monoisotopic (exact) mass is 430 g/mol. The Morgan fingerprint density at radius 3 is 2.27 bits per heavy atom. The summed E-state index contributed by atoms with van der Waals surface area (Å²) in [5, 5.41) is 3.01. The second-order valence-electron chi connectivity index (χ2n) is 8.07. The zero-order valence-electron chi connectivity index (χ0n) is 17.6. The van der Waals surface area contributed by atoms with E-state index in [1.54, 1.807) is 0 Å². The van der Waals surface area contributed by atoms with Gasteiger partial charge >= 0.3 is 0 Å². The summed E-state index contributed by atoms with van der Waals surface area (Å²) in [7, 11) is -3.01. The van der Waals surface area contributed by atoms with Crippen LogP contribution in [0.3, 0.4) is 0 Å². The van der Waals surface area contributed by atoms with Crippen LogP contribution in [0.5, 0.6) is 5.75 Å². The molecule has 1 unspecified atom stereocenters. The van der Waals surface area contributed by atoms with E-state index in [9.17, 15) is 13.2 Å². The lowest BCUT2D eigenvalue weighted by Gasteiger charge is -2.33. The van der Waals surface area contributed by atoms with Gasteiger partial charge in [0.05, 0.1) is 18.1 Å². The van der Waals surface area contributed by atoms with E-state index < -0.39 is 15.9 Å². The van der Waals surface area contributed by atoms with Crippen LogP contribution in [-0.4, -0.2) is 50.4 Å². The number of amides is 1. The topological polar surface area (TPSA) is 75.7 Å². The van der Waals surface area contributed by atoms with Gasteiger partial charge in [0.1, 0.15) is 11.8 Å². The fraction of sp³-hybridized carbons (Fsp3) is 0.435. The van der Waals surface area contributed by atoms with Crippen molar-refractivity contribution in [3.8, 4) is 5.75 Å². The van der Waals surface area contributed by atoms with Crippen molar-refractivity contribution in [2.45, 2.75) is 26.4 Å². The van der Waals surface area contributed by atoms with Gasteiger partial charge in [0, 0.05) is 19.6 Å². The van der Waals surface area contributed by atoms with Crippen molar-refractivity contribution < 1.29 is 17.9 Å². The highest BCUT2D eigenvalue weighted by Gasteiger charge is 2.32. The summed E-state index contributed by atoms with van der Waals surface area (Å²) < 4.78 is 29.3. The van der Waals surface area contributed by atoms with Gasteiger partial charge in [-0.05, 0) is 29.2 Å². The Balaban J connectivity index is 1.65. The summed E-state index contributed by atoms with van der Waals surface area (Å²) >= 11 is 0. The van der Waals surface area contributed by atoms with Crippen molar-refractivity contribution in [1.82, 2.24) is 10.2 Å². The van der Waals surface area contributed by atoms with Crippen LogP contribution in [0.15, 0.2) is 54.6 Å². The molecule has 1 aliphatic heterocycles. The lowest BCUT2D eigenvalue weighted by Crippen LogP contribution is -2.47. The number of hydrogen-bond donors (Lipinski definition) is 1. The number of carbonyl (C=O) groups is 1. The molecule has 1 aliphatic rings. The average Bonchev–Trinajstić information content (AvgIpc) is 2.73. The first-order valence-corrected chi connectivity index (χ1v) is 12.1. The molecular weight excluding hydrogens is 400 g/mol. The van der Waals surface area contributed by atoms with E-state index in [-0.39, 0.29) is 17.4 Å². The van der Waals surface area contributed by atoms with Crippen molar-refractivity contribution in [3.63, 3.8) is 0 Å². The first-order valence-electron chi connectivity index (χ1n) is 10.3. The van der Waals surface area contributed by atoms with Crippen LogP contribution in [0.1, 0.15) is 31.0 Å². The van der Waals surface area contributed by atoms with Gasteiger partial charge in [0.25, 0.3) is 0 Å². The third-order valence-corrected chi connectivity index (χ3v) is 6.69. The number of carbonyl (C=O) groups excluding carboxylic acids is 1. The van der Waals surface area contributed by atoms with Crippen molar-refractivity contribution >= 4 is 15.7 Å². The highest BCUT2D eigenvalue weighted by Crippen LogP contribution is 2.23. The fourth-order valence-electron chi connectivity index (χ4n) is 3.40. The van der Waals surface area contributed by atoms with Gasteiger partial charge in [-0.25, -0.2) is 8.42 Å². The Morgan fingerprint density at radius 1 is 1.03 bits per heavy atom. The molecule has 0 aromatic heterocycles. The minimum atomic E-state index is -3.01. The largest absolute Gasteiger partial charge is 0.493 e. The lowest BCUT2D eigenvalue weighted by atomic mass is 10.0. The number of benzene rings is 2. The molecule has 7 heteroatoms. The van der Waals surface area contributed by atoms with E-state index in [0.29, 0.717) is 32.2 Å². The van der Waals surface area contributed by atoms with E-state index in [2.05, 4.69) is 19.2 Å². The molecule has 1 atom stereocenters. The highest BCUT2D eigenvalue weighted by atomic mass is 32.2. The second kappa shape index (κ2) is 10.1. The maximum atomic E-state index is 13.1. The second-order valence-corrected chi connectivity index (χ2v) is 10.4. The molecule has 3 rings (SSSR count). The molecule has 1 fully saturated rings. The molecule has 0 aliphatic carbocycles. The zero-order chi connectivity index (χ0) is 21.6. The maximum Gasteiger partial charge on any atom is 0.242 e. The molecule has 6 nitrogen and oxygen atoms in total. The predicted octanol–water partition coefficient (Wildman–Crippen LogP) is 2.81. The minimum absolute atomic E-state index is 0.0848. The summed E-state index contributed by atoms with van der Waals surface area (Å²) in [6.07, 6.45) is 0. The van der Waals surface area contributed by atoms with Crippen LogP contribution in [0.25, 0.3) is 0 Å². The van der Waals surface area contributed by atoms with Crippen molar-refractivity contribution in [2.24, 2.45) is 5.92 Å². The molecule has 1 saturated heterocycles. The maximum absolute atomic E-state index is 13.1. The molecule has 0 radical (unpaired) electrons. The standard InChI is InChI=1S/C23H30N2O4S/c1-18(2)17-29-21-10-8-19(9-11-21)16-24-23(26)22(20-6-4-3-5-7-20)25-12-14-30(27,28)15-13-25/h3-11,18,22H,12-17H2,1-2H3,(H,24,26). The van der Waals surface area contributed by atoms with Gasteiger partial charge in [0.15, 0.2) is 9.84 Å². The quantitative estimate of drug-likeness (QED) is 0.697. The van der Waals surface area contributed by atoms with Crippen molar-refractivity contribution in [2.75, 3.05) is 31.2 Å². The van der Waals surface area contributed by atoms with Crippen molar-refractivity contribution in [3.05, 3.63) is 65.7 Å². The molecule has 2 aromatic rings. The minimum Gasteiger partial charge on any atom is -0.493 e. The third kappa shape index (κ3) is 6.31. The van der Waals surface area contributed by atoms with Crippen LogP contribution in [0.2, 0.25) is 0 Å². The molecular formula is C23H30N2O4S. The number of hydrogen-bond acceptors (Lipinski definition) is 5. The molecule has 0 bridgehead atoms. The number of sulfone groups is 1. The molecule has 162 valence electrons. The van der Waals surface area contributed by atoms with Gasteiger partial charge in [-0.15, -0.1) is 0 Å². The van der Waals surface area contributed by atoms with E-state index in [0.717, 1.165) is 16.9 Å². The van der Waals surface area contributed by atoms with E-state index >= 15 is 0 Å². The van der Waals surface area contributed by atoms with Gasteiger partial charge in [0.2, 0.25) is 5.91 Å². The van der Waals surface area contributed by atoms with E-state index in [1.165, 1.54) is 0 Å². The predicted molar refractivity (Wildman–Crippen MR) is 118 cm³/mol. The Kier molecular flexibility index (Phi) is 7.50. The molecule has 30 heavy (non-hydrogen) atoms. The number of rotatable bonds is 8. The summed E-state index contributed by atoms with van der Waals surface area (Å²) in [6.45, 7) is 5.99. The smallest absolute Gasteiger partial charge is 0.242 e. The Morgan fingerprint density at radius 2 is 1.67 bits per heavy atom. The fourth-order valence-corrected chi connectivity index (χ4v) is 4.63. The number of nitrogens with one attached hydrogen (secondary N) is 1. The van der Waals surface area contributed by atoms with Gasteiger partial charge in [-0.1, -0.05) is 56.3 Å². The third-order valence-electron chi connectivity index (χ3n) is 5.08. The van der Waals surface area contributed by atoms with Crippen LogP contribution in [0.4, 0.5) is 0 Å². The van der Waals surface area contributed by atoms with Gasteiger partial charge in [-0.2, -0.15) is 0 Å². The Bertz CT molecular complexity index is 913. The van der Waals surface area contributed by atoms with Crippen LogP contribution < -0.4 is 10.1 Å². The molecule has 0 saturated carbocycles. The van der Waals surface area contributed by atoms with Gasteiger partial charge in [-0.3, -0.25) is 9.69 Å². The molecule has 0 spiro atoms. The van der Waals surface area contributed by atoms with Gasteiger partial charge < -0.3 is 10.1 Å². The lowest BCUT2D eigenvalue weighted by molar-refractivity contribution is -0.126. The summed E-state index contributed by atoms with van der Waals surface area (Å²) in [4.78, 5) is 15.0. The van der Waals surface area contributed by atoms with E-state index in [1.807, 2.05) is 59.5 Å². The molecule has 1 N–H and O–H groups in total. The first-order chi connectivity index (χ1) is 14.3. The van der Waals surface area contributed by atoms with Crippen LogP contribution in [-0.2, 0) is 21.2 Å². The Labute approximate surface area is 179 Å². The number of nitrogens with zero attached hydrogens (tertiary/aromatic N) is 1. The Hall–Kier alpha value is -2.38. The summed E-state index contributed by atoms with van der Waals surface area (Å²) in [6, 6.07) is 16.7. The summed E-state index contributed by atoms with van der Waals surface area (Å²) in [5.41, 5.74) is 1.85.